The van der Waals surface area contributed by atoms with E-state index >= 15 is 0 Å². The van der Waals surface area contributed by atoms with Gasteiger partial charge in [-0.2, -0.15) is 5.10 Å². The number of allylic oxidation sites excluding steroid dienone is 1. The van der Waals surface area contributed by atoms with Gasteiger partial charge in [0.2, 0.25) is 0 Å². The molecule has 1 aromatic rings. The molecule has 0 unspecified atom stereocenters. The number of aromatic nitrogens is 2. The minimum absolute atomic E-state index is 0.621. The van der Waals surface area contributed by atoms with Crippen molar-refractivity contribution in [2.75, 3.05) is 0 Å². The van der Waals surface area contributed by atoms with Gasteiger partial charge in [-0.05, 0) is 12.8 Å². The van der Waals surface area contributed by atoms with Crippen molar-refractivity contribution >= 4 is 5.97 Å². The highest BCUT2D eigenvalue weighted by atomic mass is 16.4. The molecule has 15 heavy (non-hydrogen) atoms. The molecular weight excluding hydrogens is 192 g/mol. The van der Waals surface area contributed by atoms with Gasteiger partial charge in [-0.15, -0.1) is 6.58 Å². The zero-order chi connectivity index (χ0) is 10.9. The Morgan fingerprint density at radius 1 is 1.73 bits per heavy atom. The van der Waals surface area contributed by atoms with Gasteiger partial charge in [-0.1, -0.05) is 12.5 Å². The highest BCUT2D eigenvalue weighted by Gasteiger charge is 2.46. The van der Waals surface area contributed by atoms with E-state index in [1.165, 1.54) is 0 Å². The predicted molar refractivity (Wildman–Crippen MR) is 55.6 cm³/mol. The first kappa shape index (κ1) is 9.96. The lowest BCUT2D eigenvalue weighted by Gasteiger charge is -2.36. The molecule has 0 atom stereocenters. The third-order valence-electron chi connectivity index (χ3n) is 3.12. The van der Waals surface area contributed by atoms with Crippen LogP contribution in [0.25, 0.3) is 0 Å². The standard InChI is InChI=1S/C11H14N2O2/c1-2-6-13-8-9(7-12-13)11(10(14)15)4-3-5-11/h2,7-8H,1,3-6H2,(H,14,15). The number of hydrogen-bond donors (Lipinski definition) is 1. The molecule has 1 heterocycles. The summed E-state index contributed by atoms with van der Waals surface area (Å²) in [5, 5.41) is 13.3. The monoisotopic (exact) mass is 206 g/mol. The van der Waals surface area contributed by atoms with E-state index in [9.17, 15) is 9.90 Å². The van der Waals surface area contributed by atoms with Crippen molar-refractivity contribution in [3.8, 4) is 0 Å². The smallest absolute Gasteiger partial charge is 0.314 e. The van der Waals surface area contributed by atoms with E-state index in [0.29, 0.717) is 6.54 Å². The molecule has 1 aliphatic carbocycles. The van der Waals surface area contributed by atoms with Crippen molar-refractivity contribution in [2.24, 2.45) is 0 Å². The normalized spacial score (nSPS) is 18.1. The van der Waals surface area contributed by atoms with Gasteiger partial charge in [0.15, 0.2) is 0 Å². The van der Waals surface area contributed by atoms with E-state index in [1.807, 2.05) is 6.20 Å². The number of nitrogens with zero attached hydrogens (tertiary/aromatic N) is 2. The van der Waals surface area contributed by atoms with E-state index < -0.39 is 11.4 Å². The van der Waals surface area contributed by atoms with Gasteiger partial charge >= 0.3 is 5.97 Å². The maximum Gasteiger partial charge on any atom is 0.314 e. The van der Waals surface area contributed by atoms with E-state index in [4.69, 9.17) is 0 Å². The molecular formula is C11H14N2O2. The summed E-state index contributed by atoms with van der Waals surface area (Å²) in [4.78, 5) is 11.2. The van der Waals surface area contributed by atoms with Gasteiger partial charge in [0.05, 0.1) is 18.2 Å². The fourth-order valence-corrected chi connectivity index (χ4v) is 2.00. The van der Waals surface area contributed by atoms with Crippen LogP contribution < -0.4 is 0 Å². The first-order valence-corrected chi connectivity index (χ1v) is 5.06. The van der Waals surface area contributed by atoms with Crippen molar-refractivity contribution < 1.29 is 9.90 Å². The summed E-state index contributed by atoms with van der Waals surface area (Å²) in [5.41, 5.74) is 0.155. The Bertz CT molecular complexity index is 391. The molecule has 1 fully saturated rings. The highest BCUT2D eigenvalue weighted by Crippen LogP contribution is 2.43. The van der Waals surface area contributed by atoms with Gasteiger partial charge in [-0.25, -0.2) is 0 Å². The topological polar surface area (TPSA) is 55.1 Å². The van der Waals surface area contributed by atoms with Gasteiger partial charge in [0.25, 0.3) is 0 Å². The highest BCUT2D eigenvalue weighted by molar-refractivity contribution is 5.82. The molecule has 1 aliphatic rings. The lowest BCUT2D eigenvalue weighted by Crippen LogP contribution is -2.42. The average molecular weight is 206 g/mol. The van der Waals surface area contributed by atoms with Crippen LogP contribution in [0.2, 0.25) is 0 Å². The summed E-state index contributed by atoms with van der Waals surface area (Å²) in [5.74, 6) is -0.730. The molecule has 0 spiro atoms. The Morgan fingerprint density at radius 3 is 2.93 bits per heavy atom. The predicted octanol–water partition coefficient (Wildman–Crippen LogP) is 1.58. The Kier molecular flexibility index (Phi) is 2.34. The van der Waals surface area contributed by atoms with Crippen molar-refractivity contribution in [2.45, 2.75) is 31.2 Å². The minimum atomic E-state index is -0.730. The molecule has 1 N–H and O–H groups in total. The van der Waals surface area contributed by atoms with Gasteiger partial charge in [0.1, 0.15) is 0 Å². The van der Waals surface area contributed by atoms with Crippen molar-refractivity contribution in [3.63, 3.8) is 0 Å². The van der Waals surface area contributed by atoms with Crippen LogP contribution in [0.15, 0.2) is 25.0 Å². The maximum atomic E-state index is 11.2. The molecule has 1 saturated carbocycles. The zero-order valence-corrected chi connectivity index (χ0v) is 8.52. The molecule has 4 heteroatoms. The molecule has 0 saturated heterocycles. The summed E-state index contributed by atoms with van der Waals surface area (Å²) < 4.78 is 1.71. The second-order valence-corrected chi connectivity index (χ2v) is 3.98. The van der Waals surface area contributed by atoms with Crippen LogP contribution in [-0.4, -0.2) is 20.9 Å². The summed E-state index contributed by atoms with van der Waals surface area (Å²) in [6.07, 6.45) is 7.65. The van der Waals surface area contributed by atoms with E-state index in [0.717, 1.165) is 24.8 Å². The first-order valence-electron chi connectivity index (χ1n) is 5.06. The van der Waals surface area contributed by atoms with Gasteiger partial charge < -0.3 is 5.11 Å². The van der Waals surface area contributed by atoms with Crippen LogP contribution >= 0.6 is 0 Å². The van der Waals surface area contributed by atoms with Crippen LogP contribution in [0.3, 0.4) is 0 Å². The number of hydrogen-bond acceptors (Lipinski definition) is 2. The molecule has 0 radical (unpaired) electrons. The van der Waals surface area contributed by atoms with E-state index in [1.54, 1.807) is 17.0 Å². The largest absolute Gasteiger partial charge is 0.481 e. The number of carbonyl (C=O) groups is 1. The van der Waals surface area contributed by atoms with Crippen LogP contribution in [0.1, 0.15) is 24.8 Å². The molecule has 1 aromatic heterocycles. The average Bonchev–Trinajstić information content (AvgIpc) is 2.51. The number of carboxylic acids is 1. The Morgan fingerprint density at radius 2 is 2.47 bits per heavy atom. The second-order valence-electron chi connectivity index (χ2n) is 3.98. The summed E-state index contributed by atoms with van der Waals surface area (Å²) in [6, 6.07) is 0. The third-order valence-corrected chi connectivity index (χ3v) is 3.12. The fourth-order valence-electron chi connectivity index (χ4n) is 2.00. The Balaban J connectivity index is 2.27. The molecule has 0 aliphatic heterocycles. The van der Waals surface area contributed by atoms with Gasteiger partial charge in [0, 0.05) is 11.8 Å². The van der Waals surface area contributed by atoms with Crippen LogP contribution in [-0.2, 0) is 16.8 Å². The molecule has 0 aromatic carbocycles. The lowest BCUT2D eigenvalue weighted by atomic mass is 9.65. The van der Waals surface area contributed by atoms with E-state index in [-0.39, 0.29) is 0 Å². The Hall–Kier alpha value is -1.58. The summed E-state index contributed by atoms with van der Waals surface area (Å²) in [7, 11) is 0. The second kappa shape index (κ2) is 3.53. The summed E-state index contributed by atoms with van der Waals surface area (Å²) in [6.45, 7) is 4.24. The number of carboxylic acid groups (broad SMARTS) is 1. The third kappa shape index (κ3) is 1.46. The molecule has 0 bridgehead atoms. The molecule has 2 rings (SSSR count). The fraction of sp³-hybridized carbons (Fsp3) is 0.455. The molecule has 4 nitrogen and oxygen atoms in total. The molecule has 80 valence electrons. The maximum absolute atomic E-state index is 11.2. The lowest BCUT2D eigenvalue weighted by molar-refractivity contribution is -0.147. The quantitative estimate of drug-likeness (QED) is 0.761. The van der Waals surface area contributed by atoms with Crippen LogP contribution in [0, 0.1) is 0 Å². The number of rotatable bonds is 4. The SMILES string of the molecule is C=CCn1cc(C2(C(=O)O)CCC2)cn1. The number of aliphatic carboxylic acids is 1. The summed E-state index contributed by atoms with van der Waals surface area (Å²) >= 11 is 0. The zero-order valence-electron chi connectivity index (χ0n) is 8.52. The van der Waals surface area contributed by atoms with Crippen molar-refractivity contribution in [1.29, 1.82) is 0 Å². The minimum Gasteiger partial charge on any atom is -0.481 e. The van der Waals surface area contributed by atoms with E-state index in [2.05, 4.69) is 11.7 Å². The first-order chi connectivity index (χ1) is 7.19. The molecule has 0 amide bonds. The van der Waals surface area contributed by atoms with Crippen LogP contribution in [0.5, 0.6) is 0 Å². The van der Waals surface area contributed by atoms with Crippen LogP contribution in [0.4, 0.5) is 0 Å². The Labute approximate surface area is 88.2 Å². The van der Waals surface area contributed by atoms with Crippen molar-refractivity contribution in [1.82, 2.24) is 9.78 Å². The van der Waals surface area contributed by atoms with Crippen molar-refractivity contribution in [3.05, 3.63) is 30.6 Å². The van der Waals surface area contributed by atoms with Gasteiger partial charge in [-0.3, -0.25) is 9.48 Å².